The van der Waals surface area contributed by atoms with Crippen LogP contribution in [0.1, 0.15) is 40.3 Å². The molecule has 0 saturated carbocycles. The summed E-state index contributed by atoms with van der Waals surface area (Å²) in [5, 5.41) is 0. The molecule has 3 heteroatoms. The minimum absolute atomic E-state index is 0.646. The van der Waals surface area contributed by atoms with Crippen molar-refractivity contribution in [3.05, 3.63) is 33.4 Å². The van der Waals surface area contributed by atoms with Gasteiger partial charge in [0.1, 0.15) is 0 Å². The summed E-state index contributed by atoms with van der Waals surface area (Å²) in [6.07, 6.45) is 0. The van der Waals surface area contributed by atoms with Crippen LogP contribution in [0.2, 0.25) is 0 Å². The first kappa shape index (κ1) is 15.5. The fourth-order valence-electron chi connectivity index (χ4n) is 2.08. The molecule has 18 heavy (non-hydrogen) atoms. The minimum Gasteiger partial charge on any atom is -0.479 e. The van der Waals surface area contributed by atoms with Gasteiger partial charge in [-0.25, -0.2) is 0 Å². The highest BCUT2D eigenvalue weighted by Crippen LogP contribution is 2.29. The predicted octanol–water partition coefficient (Wildman–Crippen LogP) is 4.78. The molecule has 100 valence electrons. The highest BCUT2D eigenvalue weighted by atomic mass is 32.2. The SMILES string of the molecule is CCOC(=S)SCc1c(C)c(C)c(C)c(C)c1C. The molecule has 0 saturated heterocycles. The van der Waals surface area contributed by atoms with E-state index in [1.54, 1.807) is 11.8 Å². The van der Waals surface area contributed by atoms with Gasteiger partial charge in [0, 0.05) is 5.75 Å². The lowest BCUT2D eigenvalue weighted by atomic mass is 9.90. The Labute approximate surface area is 120 Å². The molecule has 1 nitrogen and oxygen atoms in total. The van der Waals surface area contributed by atoms with Crippen molar-refractivity contribution in [1.29, 1.82) is 0 Å². The van der Waals surface area contributed by atoms with Crippen molar-refractivity contribution < 1.29 is 4.74 Å². The summed E-state index contributed by atoms with van der Waals surface area (Å²) in [4.78, 5) is 0. The van der Waals surface area contributed by atoms with E-state index in [2.05, 4.69) is 34.6 Å². The van der Waals surface area contributed by atoms with Crippen molar-refractivity contribution in [2.24, 2.45) is 0 Å². The molecule has 0 unspecified atom stereocenters. The van der Waals surface area contributed by atoms with Crippen LogP contribution in [0.15, 0.2) is 0 Å². The average molecular weight is 282 g/mol. The van der Waals surface area contributed by atoms with Gasteiger partial charge in [-0.3, -0.25) is 0 Å². The van der Waals surface area contributed by atoms with Crippen LogP contribution in [0.3, 0.4) is 0 Å². The predicted molar refractivity (Wildman–Crippen MR) is 85.6 cm³/mol. The molecule has 1 aromatic carbocycles. The first-order valence-electron chi connectivity index (χ1n) is 6.25. The third-order valence-electron chi connectivity index (χ3n) is 3.75. The summed E-state index contributed by atoms with van der Waals surface area (Å²) in [6, 6.07) is 0. The summed E-state index contributed by atoms with van der Waals surface area (Å²) in [5.74, 6) is 0.901. The van der Waals surface area contributed by atoms with Crippen LogP contribution in [0, 0.1) is 34.6 Å². The van der Waals surface area contributed by atoms with E-state index in [0.717, 1.165) is 5.75 Å². The van der Waals surface area contributed by atoms with Crippen LogP contribution in [0.4, 0.5) is 0 Å². The van der Waals surface area contributed by atoms with Crippen molar-refractivity contribution >= 4 is 28.4 Å². The molecule has 0 aliphatic carbocycles. The minimum atomic E-state index is 0.646. The first-order chi connectivity index (χ1) is 8.40. The van der Waals surface area contributed by atoms with Crippen LogP contribution in [0.5, 0.6) is 0 Å². The summed E-state index contributed by atoms with van der Waals surface area (Å²) in [7, 11) is 0. The second-order valence-electron chi connectivity index (χ2n) is 4.58. The van der Waals surface area contributed by atoms with Crippen molar-refractivity contribution in [3.63, 3.8) is 0 Å². The maximum absolute atomic E-state index is 5.32. The van der Waals surface area contributed by atoms with Gasteiger partial charge in [-0.05, 0) is 87.1 Å². The molecule has 0 N–H and O–H groups in total. The van der Waals surface area contributed by atoms with Crippen LogP contribution >= 0.6 is 24.0 Å². The van der Waals surface area contributed by atoms with Gasteiger partial charge in [0.05, 0.1) is 6.61 Å². The molecular weight excluding hydrogens is 260 g/mol. The number of ether oxygens (including phenoxy) is 1. The van der Waals surface area contributed by atoms with Gasteiger partial charge in [0.2, 0.25) is 4.38 Å². The molecular formula is C15H22OS2. The standard InChI is InChI=1S/C15H22OS2/c1-7-16-15(17)18-8-14-12(5)10(3)9(2)11(4)13(14)6/h7-8H2,1-6H3. The third-order valence-corrected chi connectivity index (χ3v) is 5.01. The monoisotopic (exact) mass is 282 g/mol. The smallest absolute Gasteiger partial charge is 0.220 e. The molecule has 0 radical (unpaired) electrons. The lowest BCUT2D eigenvalue weighted by Gasteiger charge is -2.18. The fourth-order valence-corrected chi connectivity index (χ4v) is 3.28. The van der Waals surface area contributed by atoms with E-state index in [0.29, 0.717) is 11.0 Å². The van der Waals surface area contributed by atoms with E-state index in [1.165, 1.54) is 33.4 Å². The second kappa shape index (κ2) is 6.58. The van der Waals surface area contributed by atoms with E-state index in [-0.39, 0.29) is 0 Å². The highest BCUT2D eigenvalue weighted by Gasteiger charge is 2.12. The van der Waals surface area contributed by atoms with Crippen LogP contribution < -0.4 is 0 Å². The van der Waals surface area contributed by atoms with Crippen molar-refractivity contribution in [2.75, 3.05) is 6.61 Å². The van der Waals surface area contributed by atoms with Gasteiger partial charge in [0.15, 0.2) is 0 Å². The van der Waals surface area contributed by atoms with Gasteiger partial charge < -0.3 is 4.74 Å². The summed E-state index contributed by atoms with van der Waals surface area (Å²) >= 11 is 6.79. The summed E-state index contributed by atoms with van der Waals surface area (Å²) in [6.45, 7) is 13.6. The Kier molecular flexibility index (Phi) is 5.67. The zero-order valence-corrected chi connectivity index (χ0v) is 13.8. The lowest BCUT2D eigenvalue weighted by molar-refractivity contribution is 0.346. The third kappa shape index (κ3) is 3.27. The quantitative estimate of drug-likeness (QED) is 0.738. The number of thiocarbonyl (C=S) groups is 1. The molecule has 0 aliphatic rings. The topological polar surface area (TPSA) is 9.23 Å². The molecule has 1 rings (SSSR count). The van der Waals surface area contributed by atoms with E-state index >= 15 is 0 Å². The number of thioether (sulfide) groups is 1. The Balaban J connectivity index is 2.99. The van der Waals surface area contributed by atoms with Crippen molar-refractivity contribution in [2.45, 2.75) is 47.3 Å². The zero-order valence-electron chi connectivity index (χ0n) is 12.1. The Morgan fingerprint density at radius 1 is 0.944 bits per heavy atom. The van der Waals surface area contributed by atoms with Crippen molar-refractivity contribution in [3.8, 4) is 0 Å². The number of hydrogen-bond donors (Lipinski definition) is 0. The maximum atomic E-state index is 5.32. The number of benzene rings is 1. The zero-order chi connectivity index (χ0) is 13.9. The Morgan fingerprint density at radius 3 is 1.83 bits per heavy atom. The first-order valence-corrected chi connectivity index (χ1v) is 7.64. The van der Waals surface area contributed by atoms with Crippen molar-refractivity contribution in [1.82, 2.24) is 0 Å². The molecule has 0 aliphatic heterocycles. The molecule has 0 fully saturated rings. The highest BCUT2D eigenvalue weighted by molar-refractivity contribution is 8.22. The average Bonchev–Trinajstić information content (AvgIpc) is 2.34. The molecule has 0 spiro atoms. The van der Waals surface area contributed by atoms with E-state index < -0.39 is 0 Å². The van der Waals surface area contributed by atoms with E-state index in [1.807, 2.05) is 6.92 Å². The Bertz CT molecular complexity index is 435. The second-order valence-corrected chi connectivity index (χ2v) is 6.15. The van der Waals surface area contributed by atoms with Crippen LogP contribution in [-0.2, 0) is 10.5 Å². The van der Waals surface area contributed by atoms with E-state index in [9.17, 15) is 0 Å². The number of rotatable bonds is 3. The maximum Gasteiger partial charge on any atom is 0.220 e. The van der Waals surface area contributed by atoms with E-state index in [4.69, 9.17) is 17.0 Å². The molecule has 0 bridgehead atoms. The van der Waals surface area contributed by atoms with Gasteiger partial charge in [-0.15, -0.1) is 0 Å². The molecule has 0 atom stereocenters. The molecule has 1 aromatic rings. The number of hydrogen-bond acceptors (Lipinski definition) is 3. The normalized spacial score (nSPS) is 10.6. The Morgan fingerprint density at radius 2 is 1.39 bits per heavy atom. The van der Waals surface area contributed by atoms with Gasteiger partial charge in [-0.1, -0.05) is 11.8 Å². The van der Waals surface area contributed by atoms with Gasteiger partial charge in [0.25, 0.3) is 0 Å². The molecule has 0 amide bonds. The van der Waals surface area contributed by atoms with Crippen LogP contribution in [0.25, 0.3) is 0 Å². The summed E-state index contributed by atoms with van der Waals surface area (Å²) in [5.41, 5.74) is 8.39. The summed E-state index contributed by atoms with van der Waals surface area (Å²) < 4.78 is 5.97. The molecule has 0 heterocycles. The largest absolute Gasteiger partial charge is 0.479 e. The molecule has 0 aromatic heterocycles. The lowest BCUT2D eigenvalue weighted by Crippen LogP contribution is -2.03. The van der Waals surface area contributed by atoms with Crippen LogP contribution in [-0.4, -0.2) is 11.0 Å². The fraction of sp³-hybridized carbons (Fsp3) is 0.533. The Hall–Kier alpha value is -0.540. The van der Waals surface area contributed by atoms with Gasteiger partial charge >= 0.3 is 0 Å². The van der Waals surface area contributed by atoms with Gasteiger partial charge in [-0.2, -0.15) is 0 Å².